The lowest BCUT2D eigenvalue weighted by Gasteiger charge is -2.33. The molecule has 2 aliphatic rings. The Morgan fingerprint density at radius 3 is 2.87 bits per heavy atom. The number of anilines is 1. The molecule has 1 saturated heterocycles. The summed E-state index contributed by atoms with van der Waals surface area (Å²) in [4.78, 5) is 28.1. The quantitative estimate of drug-likeness (QED) is 0.594. The molecule has 0 aliphatic carbocycles. The standard InChI is InChI=1S/C22H28N6OS2/c1-2-27-9-11-28(12-10-27)8-5-19(29)26-22-20(15-3-6-24-14-18(15)31-22)21-25-16-13-23-7-4-17(16)30-21/h4,7,13,24H,2-3,5-6,8-12,14H2,1H3,(H,26,29). The minimum absolute atomic E-state index is 0.0912. The number of fused-ring (bicyclic) bond motifs is 2. The number of carbonyl (C=O) groups is 1. The molecule has 0 bridgehead atoms. The number of carbonyl (C=O) groups excluding carboxylic acids is 1. The molecule has 0 saturated carbocycles. The molecular weight excluding hydrogens is 428 g/mol. The van der Waals surface area contributed by atoms with E-state index in [2.05, 4.69) is 32.3 Å². The van der Waals surface area contributed by atoms with Crippen molar-refractivity contribution >= 4 is 43.8 Å². The maximum Gasteiger partial charge on any atom is 0.226 e. The minimum Gasteiger partial charge on any atom is -0.317 e. The molecule has 1 fully saturated rings. The Morgan fingerprint density at radius 2 is 2.06 bits per heavy atom. The summed E-state index contributed by atoms with van der Waals surface area (Å²) in [5.74, 6) is 0.0912. The van der Waals surface area contributed by atoms with Crippen LogP contribution in [0.2, 0.25) is 0 Å². The molecule has 164 valence electrons. The largest absolute Gasteiger partial charge is 0.317 e. The van der Waals surface area contributed by atoms with Crippen LogP contribution in [0.1, 0.15) is 23.8 Å². The van der Waals surface area contributed by atoms with Crippen LogP contribution in [0.3, 0.4) is 0 Å². The molecule has 3 aromatic heterocycles. The molecule has 0 spiro atoms. The molecular formula is C22H28N6OS2. The zero-order valence-corrected chi connectivity index (χ0v) is 19.4. The van der Waals surface area contributed by atoms with Crippen LogP contribution >= 0.6 is 22.7 Å². The first kappa shape index (κ1) is 21.0. The van der Waals surface area contributed by atoms with Gasteiger partial charge in [0.15, 0.2) is 0 Å². The van der Waals surface area contributed by atoms with E-state index in [0.717, 1.165) is 84.6 Å². The van der Waals surface area contributed by atoms with E-state index in [4.69, 9.17) is 4.98 Å². The monoisotopic (exact) mass is 456 g/mol. The van der Waals surface area contributed by atoms with Crippen LogP contribution in [0.25, 0.3) is 20.8 Å². The first-order chi connectivity index (χ1) is 15.2. The van der Waals surface area contributed by atoms with Gasteiger partial charge < -0.3 is 20.4 Å². The van der Waals surface area contributed by atoms with Crippen LogP contribution < -0.4 is 10.6 Å². The molecule has 5 rings (SSSR count). The van der Waals surface area contributed by atoms with E-state index in [-0.39, 0.29) is 5.91 Å². The van der Waals surface area contributed by atoms with Crippen LogP contribution in [0.4, 0.5) is 5.00 Å². The maximum absolute atomic E-state index is 12.9. The SMILES string of the molecule is CCN1CCN(CCC(=O)Nc2sc3c(c2-c2nc4cnccc4s2)CCNC3)CC1. The number of hydrogen-bond acceptors (Lipinski definition) is 8. The fourth-order valence-corrected chi connectivity index (χ4v) is 6.62. The van der Waals surface area contributed by atoms with E-state index in [0.29, 0.717) is 6.42 Å². The lowest BCUT2D eigenvalue weighted by Crippen LogP contribution is -2.46. The summed E-state index contributed by atoms with van der Waals surface area (Å²) in [5.41, 5.74) is 3.37. The Morgan fingerprint density at radius 1 is 1.23 bits per heavy atom. The average molecular weight is 457 g/mol. The summed E-state index contributed by atoms with van der Waals surface area (Å²) < 4.78 is 1.13. The van der Waals surface area contributed by atoms with Crippen molar-refractivity contribution in [2.24, 2.45) is 0 Å². The van der Waals surface area contributed by atoms with Crippen molar-refractivity contribution in [3.63, 3.8) is 0 Å². The second-order valence-corrected chi connectivity index (χ2v) is 10.2. The van der Waals surface area contributed by atoms with Crippen molar-refractivity contribution in [1.29, 1.82) is 0 Å². The zero-order chi connectivity index (χ0) is 21.2. The number of piperazine rings is 1. The van der Waals surface area contributed by atoms with Gasteiger partial charge in [0.2, 0.25) is 5.91 Å². The highest BCUT2D eigenvalue weighted by Crippen LogP contribution is 2.44. The van der Waals surface area contributed by atoms with E-state index in [1.54, 1.807) is 28.9 Å². The predicted molar refractivity (Wildman–Crippen MR) is 128 cm³/mol. The van der Waals surface area contributed by atoms with Crippen molar-refractivity contribution in [1.82, 2.24) is 25.1 Å². The zero-order valence-electron chi connectivity index (χ0n) is 17.8. The number of pyridine rings is 1. The number of nitrogens with one attached hydrogen (secondary N) is 2. The Labute approximate surface area is 190 Å². The van der Waals surface area contributed by atoms with E-state index < -0.39 is 0 Å². The lowest BCUT2D eigenvalue weighted by molar-refractivity contribution is -0.116. The summed E-state index contributed by atoms with van der Waals surface area (Å²) in [5, 5.41) is 8.61. The van der Waals surface area contributed by atoms with Crippen LogP contribution in [0.5, 0.6) is 0 Å². The fraction of sp³-hybridized carbons (Fsp3) is 0.500. The second-order valence-electron chi connectivity index (χ2n) is 8.07. The molecule has 2 aliphatic heterocycles. The van der Waals surface area contributed by atoms with E-state index in [9.17, 15) is 4.79 Å². The number of thiophene rings is 1. The van der Waals surface area contributed by atoms with Gasteiger partial charge in [-0.3, -0.25) is 9.78 Å². The molecule has 0 aromatic carbocycles. The van der Waals surface area contributed by atoms with Crippen molar-refractivity contribution < 1.29 is 4.79 Å². The summed E-state index contributed by atoms with van der Waals surface area (Å²) in [6, 6.07) is 2.01. The Hall–Kier alpha value is -1.91. The van der Waals surface area contributed by atoms with Gasteiger partial charge in [-0.25, -0.2) is 4.98 Å². The highest BCUT2D eigenvalue weighted by molar-refractivity contribution is 7.22. The summed E-state index contributed by atoms with van der Waals surface area (Å²) in [7, 11) is 0. The summed E-state index contributed by atoms with van der Waals surface area (Å²) in [6.45, 7) is 10.2. The van der Waals surface area contributed by atoms with Crippen molar-refractivity contribution in [3.05, 3.63) is 28.9 Å². The first-order valence-corrected chi connectivity index (χ1v) is 12.7. The third kappa shape index (κ3) is 4.51. The van der Waals surface area contributed by atoms with Gasteiger partial charge in [-0.1, -0.05) is 6.92 Å². The molecule has 3 aromatic rings. The summed E-state index contributed by atoms with van der Waals surface area (Å²) in [6.07, 6.45) is 5.11. The van der Waals surface area contributed by atoms with Crippen LogP contribution in [0, 0.1) is 0 Å². The molecule has 5 heterocycles. The second kappa shape index (κ2) is 9.30. The van der Waals surface area contributed by atoms with Gasteiger partial charge in [0, 0.05) is 62.3 Å². The molecule has 0 radical (unpaired) electrons. The van der Waals surface area contributed by atoms with Crippen molar-refractivity contribution in [2.45, 2.75) is 26.3 Å². The van der Waals surface area contributed by atoms with Gasteiger partial charge in [-0.05, 0) is 31.1 Å². The predicted octanol–water partition coefficient (Wildman–Crippen LogP) is 3.03. The van der Waals surface area contributed by atoms with Crippen LogP contribution in [-0.4, -0.2) is 71.5 Å². The first-order valence-electron chi connectivity index (χ1n) is 11.0. The molecule has 9 heteroatoms. The molecule has 0 atom stereocenters. The van der Waals surface area contributed by atoms with E-state index in [1.807, 2.05) is 12.3 Å². The van der Waals surface area contributed by atoms with Crippen LogP contribution in [0.15, 0.2) is 18.5 Å². The van der Waals surface area contributed by atoms with E-state index in [1.165, 1.54) is 10.4 Å². The molecule has 0 unspecified atom stereocenters. The third-order valence-electron chi connectivity index (χ3n) is 6.15. The number of hydrogen-bond donors (Lipinski definition) is 2. The van der Waals surface area contributed by atoms with Crippen molar-refractivity contribution in [2.75, 3.05) is 51.1 Å². The molecule has 31 heavy (non-hydrogen) atoms. The number of nitrogens with zero attached hydrogens (tertiary/aromatic N) is 4. The molecule has 2 N–H and O–H groups in total. The fourth-order valence-electron chi connectivity index (χ4n) is 4.31. The highest BCUT2D eigenvalue weighted by Gasteiger charge is 2.25. The van der Waals surface area contributed by atoms with Gasteiger partial charge in [0.1, 0.15) is 15.5 Å². The normalized spacial score (nSPS) is 17.7. The lowest BCUT2D eigenvalue weighted by atomic mass is 10.0. The molecule has 1 amide bonds. The van der Waals surface area contributed by atoms with Crippen molar-refractivity contribution in [3.8, 4) is 10.6 Å². The summed E-state index contributed by atoms with van der Waals surface area (Å²) >= 11 is 3.37. The third-order valence-corrected chi connectivity index (χ3v) is 8.35. The minimum atomic E-state index is 0.0912. The van der Waals surface area contributed by atoms with Gasteiger partial charge in [0.05, 0.1) is 10.9 Å². The highest BCUT2D eigenvalue weighted by atomic mass is 32.1. The molecule has 7 nitrogen and oxygen atoms in total. The van der Waals surface area contributed by atoms with Gasteiger partial charge in [-0.15, -0.1) is 22.7 Å². The number of amides is 1. The Kier molecular flexibility index (Phi) is 6.29. The number of aromatic nitrogens is 2. The average Bonchev–Trinajstić information content (AvgIpc) is 3.38. The van der Waals surface area contributed by atoms with E-state index >= 15 is 0 Å². The Balaban J connectivity index is 1.33. The van der Waals surface area contributed by atoms with Gasteiger partial charge >= 0.3 is 0 Å². The number of rotatable bonds is 6. The van der Waals surface area contributed by atoms with Crippen LogP contribution in [-0.2, 0) is 17.8 Å². The number of likely N-dealkylation sites (N-methyl/N-ethyl adjacent to an activating group) is 1. The number of thiazole rings is 1. The Bertz CT molecular complexity index is 1040. The maximum atomic E-state index is 12.9. The topological polar surface area (TPSA) is 73.4 Å². The van der Waals surface area contributed by atoms with Gasteiger partial charge in [-0.2, -0.15) is 0 Å². The smallest absolute Gasteiger partial charge is 0.226 e. The van der Waals surface area contributed by atoms with Gasteiger partial charge in [0.25, 0.3) is 0 Å².